The van der Waals surface area contributed by atoms with Crippen molar-refractivity contribution in [2.45, 2.75) is 26.1 Å². The minimum absolute atomic E-state index is 0.113. The van der Waals surface area contributed by atoms with Gasteiger partial charge in [0, 0.05) is 57.5 Å². The van der Waals surface area contributed by atoms with Crippen molar-refractivity contribution in [3.63, 3.8) is 0 Å². The van der Waals surface area contributed by atoms with Gasteiger partial charge in [-0.2, -0.15) is 13.2 Å². The fourth-order valence-corrected chi connectivity index (χ4v) is 4.05. The summed E-state index contributed by atoms with van der Waals surface area (Å²) in [5.41, 5.74) is -0.111. The number of alkyl halides is 3. The van der Waals surface area contributed by atoms with Crippen LogP contribution in [0.4, 0.5) is 23.7 Å². The number of benzene rings is 1. The van der Waals surface area contributed by atoms with E-state index in [0.717, 1.165) is 19.2 Å². The monoisotopic (exact) mass is 428 g/mol. The molecule has 0 spiro atoms. The predicted molar refractivity (Wildman–Crippen MR) is 110 cm³/mol. The van der Waals surface area contributed by atoms with Crippen molar-refractivity contribution < 1.29 is 22.7 Å². The van der Waals surface area contributed by atoms with Gasteiger partial charge in [-0.25, -0.2) is 4.79 Å². The van der Waals surface area contributed by atoms with E-state index in [1.54, 1.807) is 11.0 Å². The van der Waals surface area contributed by atoms with Crippen molar-refractivity contribution >= 4 is 11.7 Å². The predicted octanol–water partition coefficient (Wildman–Crippen LogP) is 2.89. The van der Waals surface area contributed by atoms with E-state index in [1.807, 2.05) is 4.90 Å². The summed E-state index contributed by atoms with van der Waals surface area (Å²) in [7, 11) is 0. The van der Waals surface area contributed by atoms with Crippen LogP contribution in [0.15, 0.2) is 24.3 Å². The maximum Gasteiger partial charge on any atom is 0.416 e. The molecule has 0 radical (unpaired) electrons. The number of hydrogen-bond donors (Lipinski definition) is 1. The van der Waals surface area contributed by atoms with Crippen LogP contribution >= 0.6 is 0 Å². The van der Waals surface area contributed by atoms with Crippen LogP contribution < -0.4 is 10.2 Å². The molecule has 1 N–H and O–H groups in total. The highest BCUT2D eigenvalue weighted by molar-refractivity contribution is 5.74. The number of anilines is 1. The number of hydrogen-bond acceptors (Lipinski definition) is 4. The number of urea groups is 1. The van der Waals surface area contributed by atoms with Crippen LogP contribution in [0, 0.1) is 5.92 Å². The van der Waals surface area contributed by atoms with E-state index in [4.69, 9.17) is 4.74 Å². The molecule has 30 heavy (non-hydrogen) atoms. The van der Waals surface area contributed by atoms with E-state index in [-0.39, 0.29) is 12.1 Å². The molecule has 0 saturated carbocycles. The average molecular weight is 428 g/mol. The van der Waals surface area contributed by atoms with Crippen LogP contribution in [0.2, 0.25) is 0 Å². The molecule has 2 heterocycles. The van der Waals surface area contributed by atoms with Crippen molar-refractivity contribution in [1.82, 2.24) is 15.1 Å². The fourth-order valence-electron chi connectivity index (χ4n) is 4.05. The van der Waals surface area contributed by atoms with Crippen LogP contribution in [0.5, 0.6) is 0 Å². The summed E-state index contributed by atoms with van der Waals surface area (Å²) in [5.74, 6) is 0.404. The van der Waals surface area contributed by atoms with Gasteiger partial charge in [0.2, 0.25) is 0 Å². The van der Waals surface area contributed by atoms with E-state index < -0.39 is 11.7 Å². The lowest BCUT2D eigenvalue weighted by Gasteiger charge is -2.39. The SMILES string of the molecule is CC(C)[C@H](CNC(=O)N1CCN(c2cccc(C(F)(F)F)c2)CC1)N1CCOCC1. The quantitative estimate of drug-likeness (QED) is 0.784. The van der Waals surface area contributed by atoms with Gasteiger partial charge in [-0.3, -0.25) is 4.90 Å². The number of carbonyl (C=O) groups excluding carboxylic acids is 1. The molecule has 0 aliphatic carbocycles. The van der Waals surface area contributed by atoms with Gasteiger partial charge in [0.25, 0.3) is 0 Å². The lowest BCUT2D eigenvalue weighted by atomic mass is 10.0. The molecule has 0 unspecified atom stereocenters. The molecule has 0 bridgehead atoms. The molecule has 2 aliphatic heterocycles. The Labute approximate surface area is 175 Å². The van der Waals surface area contributed by atoms with Crippen LogP contribution in [0.25, 0.3) is 0 Å². The Bertz CT molecular complexity index is 700. The molecule has 2 fully saturated rings. The largest absolute Gasteiger partial charge is 0.416 e. The number of ether oxygens (including phenoxy) is 1. The number of amides is 2. The molecule has 9 heteroatoms. The molecular weight excluding hydrogens is 397 g/mol. The fraction of sp³-hybridized carbons (Fsp3) is 0.667. The van der Waals surface area contributed by atoms with E-state index in [9.17, 15) is 18.0 Å². The Morgan fingerprint density at radius 1 is 1.10 bits per heavy atom. The maximum atomic E-state index is 13.0. The van der Waals surface area contributed by atoms with Gasteiger partial charge < -0.3 is 19.9 Å². The number of nitrogens with zero attached hydrogens (tertiary/aromatic N) is 3. The minimum atomic E-state index is -4.36. The summed E-state index contributed by atoms with van der Waals surface area (Å²) in [6.45, 7) is 10.0. The zero-order valence-electron chi connectivity index (χ0n) is 17.6. The normalized spacial score (nSPS) is 19.8. The first kappa shape index (κ1) is 22.7. The highest BCUT2D eigenvalue weighted by atomic mass is 19.4. The Morgan fingerprint density at radius 2 is 1.77 bits per heavy atom. The Morgan fingerprint density at radius 3 is 2.37 bits per heavy atom. The smallest absolute Gasteiger partial charge is 0.379 e. The second-order valence-corrected chi connectivity index (χ2v) is 8.17. The van der Waals surface area contributed by atoms with Crippen LogP contribution in [0.3, 0.4) is 0 Å². The minimum Gasteiger partial charge on any atom is -0.379 e. The summed E-state index contributed by atoms with van der Waals surface area (Å²) >= 11 is 0. The first-order valence-corrected chi connectivity index (χ1v) is 10.5. The summed E-state index contributed by atoms with van der Waals surface area (Å²) in [6.07, 6.45) is -4.36. The van der Waals surface area contributed by atoms with Gasteiger partial charge >= 0.3 is 12.2 Å². The first-order chi connectivity index (χ1) is 14.3. The van der Waals surface area contributed by atoms with Crippen molar-refractivity contribution in [2.75, 3.05) is 63.9 Å². The molecule has 2 amide bonds. The van der Waals surface area contributed by atoms with E-state index >= 15 is 0 Å². The Balaban J connectivity index is 1.50. The van der Waals surface area contributed by atoms with Gasteiger partial charge in [0.05, 0.1) is 18.8 Å². The molecule has 2 saturated heterocycles. The Kier molecular flexibility index (Phi) is 7.46. The maximum absolute atomic E-state index is 13.0. The zero-order chi connectivity index (χ0) is 21.7. The molecule has 6 nitrogen and oxygen atoms in total. The summed E-state index contributed by atoms with van der Waals surface area (Å²) < 4.78 is 44.3. The number of piperazine rings is 1. The third-order valence-corrected chi connectivity index (χ3v) is 5.85. The third kappa shape index (κ3) is 5.78. The Hall–Kier alpha value is -2.00. The number of morpholine rings is 1. The lowest BCUT2D eigenvalue weighted by Crippen LogP contribution is -2.55. The second-order valence-electron chi connectivity index (χ2n) is 8.17. The standard InChI is InChI=1S/C21H31F3N4O2/c1-16(2)19(27-10-12-30-13-11-27)15-25-20(29)28-8-6-26(7-9-28)18-5-3-4-17(14-18)21(22,23)24/h3-5,14,16,19H,6-13,15H2,1-2H3,(H,25,29)/t19-/m0/s1. The van der Waals surface area contributed by atoms with E-state index in [1.165, 1.54) is 12.1 Å². The first-order valence-electron chi connectivity index (χ1n) is 10.5. The van der Waals surface area contributed by atoms with Gasteiger partial charge in [-0.05, 0) is 24.1 Å². The topological polar surface area (TPSA) is 48.1 Å². The average Bonchev–Trinajstić information content (AvgIpc) is 2.74. The molecule has 3 rings (SSSR count). The number of halogens is 3. The van der Waals surface area contributed by atoms with Gasteiger partial charge in [0.15, 0.2) is 0 Å². The van der Waals surface area contributed by atoms with Crippen molar-refractivity contribution in [3.8, 4) is 0 Å². The van der Waals surface area contributed by atoms with Crippen LogP contribution in [0.1, 0.15) is 19.4 Å². The van der Waals surface area contributed by atoms with E-state index in [0.29, 0.717) is 57.5 Å². The molecular formula is C21H31F3N4O2. The lowest BCUT2D eigenvalue weighted by molar-refractivity contribution is -0.137. The second kappa shape index (κ2) is 9.87. The third-order valence-electron chi connectivity index (χ3n) is 5.85. The molecule has 2 aliphatic rings. The molecule has 0 aromatic heterocycles. The molecule has 1 atom stereocenters. The van der Waals surface area contributed by atoms with Crippen LogP contribution in [-0.2, 0) is 10.9 Å². The highest BCUT2D eigenvalue weighted by Crippen LogP contribution is 2.31. The summed E-state index contributed by atoms with van der Waals surface area (Å²) in [5, 5.41) is 3.05. The van der Waals surface area contributed by atoms with Crippen molar-refractivity contribution in [3.05, 3.63) is 29.8 Å². The van der Waals surface area contributed by atoms with E-state index in [2.05, 4.69) is 24.1 Å². The molecule has 168 valence electrons. The number of nitrogens with one attached hydrogen (secondary N) is 1. The molecule has 1 aromatic carbocycles. The van der Waals surface area contributed by atoms with Crippen molar-refractivity contribution in [2.24, 2.45) is 5.92 Å². The number of carbonyl (C=O) groups is 1. The van der Waals surface area contributed by atoms with Gasteiger partial charge in [-0.1, -0.05) is 19.9 Å². The summed E-state index contributed by atoms with van der Waals surface area (Å²) in [6, 6.07) is 5.50. The van der Waals surface area contributed by atoms with Crippen LogP contribution in [-0.4, -0.2) is 80.9 Å². The number of rotatable bonds is 5. The van der Waals surface area contributed by atoms with Gasteiger partial charge in [-0.15, -0.1) is 0 Å². The van der Waals surface area contributed by atoms with Gasteiger partial charge in [0.1, 0.15) is 0 Å². The van der Waals surface area contributed by atoms with Crippen molar-refractivity contribution in [1.29, 1.82) is 0 Å². The molecule has 1 aromatic rings. The summed E-state index contributed by atoms with van der Waals surface area (Å²) in [4.78, 5) is 18.6. The zero-order valence-corrected chi connectivity index (χ0v) is 17.6. The highest BCUT2D eigenvalue weighted by Gasteiger charge is 2.31.